The number of aryl methyl sites for hydroxylation is 1. The molecule has 5 heteroatoms. The molecule has 1 N–H and O–H groups in total. The van der Waals surface area contributed by atoms with Gasteiger partial charge in [-0.1, -0.05) is 29.8 Å². The van der Waals surface area contributed by atoms with Crippen molar-refractivity contribution in [2.24, 2.45) is 5.92 Å². The Hall–Kier alpha value is -2.82. The van der Waals surface area contributed by atoms with Crippen molar-refractivity contribution in [2.45, 2.75) is 26.8 Å². The van der Waals surface area contributed by atoms with Crippen molar-refractivity contribution in [2.75, 3.05) is 18.1 Å². The van der Waals surface area contributed by atoms with Gasteiger partial charge in [0.2, 0.25) is 11.8 Å². The molecule has 1 saturated heterocycles. The van der Waals surface area contributed by atoms with E-state index < -0.39 is 0 Å². The second-order valence-corrected chi connectivity index (χ2v) is 6.54. The van der Waals surface area contributed by atoms with Crippen LogP contribution in [0, 0.1) is 12.8 Å². The second kappa shape index (κ2) is 8.04. The highest BCUT2D eigenvalue weighted by Crippen LogP contribution is 2.27. The Balaban J connectivity index is 1.57. The fourth-order valence-corrected chi connectivity index (χ4v) is 3.06. The summed E-state index contributed by atoms with van der Waals surface area (Å²) >= 11 is 0. The first-order chi connectivity index (χ1) is 12.6. The van der Waals surface area contributed by atoms with Gasteiger partial charge in [-0.05, 0) is 43.7 Å². The minimum Gasteiger partial charge on any atom is -0.494 e. The molecular formula is C21H24N2O3. The molecule has 2 aromatic rings. The first kappa shape index (κ1) is 18.0. The van der Waals surface area contributed by atoms with Crippen LogP contribution in [0.15, 0.2) is 48.5 Å². The third kappa shape index (κ3) is 4.23. The Morgan fingerprint density at radius 2 is 1.85 bits per heavy atom. The molecule has 0 spiro atoms. The average Bonchev–Trinajstić information content (AvgIpc) is 3.04. The van der Waals surface area contributed by atoms with E-state index in [-0.39, 0.29) is 24.2 Å². The van der Waals surface area contributed by atoms with Gasteiger partial charge in [0.1, 0.15) is 5.75 Å². The molecule has 2 aromatic carbocycles. The van der Waals surface area contributed by atoms with Crippen molar-refractivity contribution in [3.63, 3.8) is 0 Å². The summed E-state index contributed by atoms with van der Waals surface area (Å²) in [6.45, 7) is 5.45. The molecule has 5 nitrogen and oxygen atoms in total. The molecule has 1 aliphatic rings. The van der Waals surface area contributed by atoms with E-state index in [1.807, 2.05) is 62.4 Å². The van der Waals surface area contributed by atoms with Crippen molar-refractivity contribution in [3.05, 3.63) is 59.7 Å². The lowest BCUT2D eigenvalue weighted by atomic mass is 10.1. The zero-order chi connectivity index (χ0) is 18.5. The molecule has 0 aromatic heterocycles. The molecule has 0 unspecified atom stereocenters. The number of carbonyl (C=O) groups excluding carboxylic acids is 2. The predicted octanol–water partition coefficient (Wildman–Crippen LogP) is 3.06. The van der Waals surface area contributed by atoms with Crippen LogP contribution in [0.1, 0.15) is 24.5 Å². The number of ether oxygens (including phenoxy) is 1. The zero-order valence-corrected chi connectivity index (χ0v) is 15.2. The predicted molar refractivity (Wildman–Crippen MR) is 101 cm³/mol. The summed E-state index contributed by atoms with van der Waals surface area (Å²) in [5.41, 5.74) is 3.04. The molecule has 2 amide bonds. The molecule has 136 valence electrons. The van der Waals surface area contributed by atoms with E-state index in [1.54, 1.807) is 4.90 Å². The summed E-state index contributed by atoms with van der Waals surface area (Å²) in [7, 11) is 0. The number of rotatable bonds is 6. The molecular weight excluding hydrogens is 328 g/mol. The summed E-state index contributed by atoms with van der Waals surface area (Å²) in [6.07, 6.45) is 0.243. The summed E-state index contributed by atoms with van der Waals surface area (Å²) in [5.74, 6) is 0.354. The van der Waals surface area contributed by atoms with Crippen molar-refractivity contribution < 1.29 is 14.3 Å². The summed E-state index contributed by atoms with van der Waals surface area (Å²) < 4.78 is 5.42. The number of benzene rings is 2. The van der Waals surface area contributed by atoms with Gasteiger partial charge < -0.3 is 15.0 Å². The SMILES string of the molecule is CCOc1ccc(N2C[C@H](C(=O)NCc3ccc(C)cc3)CC2=O)cc1. The number of nitrogens with zero attached hydrogens (tertiary/aromatic N) is 1. The van der Waals surface area contributed by atoms with E-state index in [2.05, 4.69) is 5.32 Å². The molecule has 0 bridgehead atoms. The van der Waals surface area contributed by atoms with Gasteiger partial charge in [-0.15, -0.1) is 0 Å². The van der Waals surface area contributed by atoms with Crippen LogP contribution in [0.3, 0.4) is 0 Å². The monoisotopic (exact) mass is 352 g/mol. The number of nitrogens with one attached hydrogen (secondary N) is 1. The van der Waals surface area contributed by atoms with E-state index >= 15 is 0 Å². The van der Waals surface area contributed by atoms with Gasteiger partial charge in [-0.3, -0.25) is 9.59 Å². The lowest BCUT2D eigenvalue weighted by Crippen LogP contribution is -2.32. The van der Waals surface area contributed by atoms with Gasteiger partial charge in [0.05, 0.1) is 12.5 Å². The largest absolute Gasteiger partial charge is 0.494 e. The van der Waals surface area contributed by atoms with Crippen LogP contribution in [0.4, 0.5) is 5.69 Å². The number of carbonyl (C=O) groups is 2. The van der Waals surface area contributed by atoms with Crippen LogP contribution in [0.2, 0.25) is 0 Å². The summed E-state index contributed by atoms with van der Waals surface area (Å²) in [6, 6.07) is 15.4. The number of hydrogen-bond donors (Lipinski definition) is 1. The molecule has 26 heavy (non-hydrogen) atoms. The van der Waals surface area contributed by atoms with E-state index in [1.165, 1.54) is 5.56 Å². The van der Waals surface area contributed by atoms with Crippen LogP contribution >= 0.6 is 0 Å². The fourth-order valence-electron chi connectivity index (χ4n) is 3.06. The molecule has 0 aliphatic carbocycles. The molecule has 0 radical (unpaired) electrons. The highest BCUT2D eigenvalue weighted by atomic mass is 16.5. The average molecular weight is 352 g/mol. The van der Waals surface area contributed by atoms with E-state index in [9.17, 15) is 9.59 Å². The Morgan fingerprint density at radius 3 is 2.50 bits per heavy atom. The quantitative estimate of drug-likeness (QED) is 0.869. The highest BCUT2D eigenvalue weighted by molar-refractivity contribution is 6.00. The van der Waals surface area contributed by atoms with E-state index in [4.69, 9.17) is 4.74 Å². The van der Waals surface area contributed by atoms with Gasteiger partial charge in [-0.2, -0.15) is 0 Å². The lowest BCUT2D eigenvalue weighted by Gasteiger charge is -2.17. The first-order valence-electron chi connectivity index (χ1n) is 8.93. The molecule has 0 saturated carbocycles. The zero-order valence-electron chi connectivity index (χ0n) is 15.2. The second-order valence-electron chi connectivity index (χ2n) is 6.54. The first-order valence-corrected chi connectivity index (χ1v) is 8.93. The Morgan fingerprint density at radius 1 is 1.15 bits per heavy atom. The van der Waals surface area contributed by atoms with Gasteiger partial charge in [0.25, 0.3) is 0 Å². The van der Waals surface area contributed by atoms with Crippen LogP contribution in [-0.4, -0.2) is 25.0 Å². The number of anilines is 1. The highest BCUT2D eigenvalue weighted by Gasteiger charge is 2.34. The smallest absolute Gasteiger partial charge is 0.227 e. The molecule has 3 rings (SSSR count). The fraction of sp³-hybridized carbons (Fsp3) is 0.333. The van der Waals surface area contributed by atoms with Crippen molar-refractivity contribution in [1.82, 2.24) is 5.32 Å². The molecule has 1 fully saturated rings. The van der Waals surface area contributed by atoms with E-state index in [0.717, 1.165) is 17.0 Å². The maximum atomic E-state index is 12.4. The summed E-state index contributed by atoms with van der Waals surface area (Å²) in [4.78, 5) is 26.4. The maximum absolute atomic E-state index is 12.4. The Labute approximate surface area is 154 Å². The third-order valence-electron chi connectivity index (χ3n) is 4.54. The van der Waals surface area contributed by atoms with Crippen LogP contribution in [0.5, 0.6) is 5.75 Å². The number of hydrogen-bond acceptors (Lipinski definition) is 3. The van der Waals surface area contributed by atoms with Crippen molar-refractivity contribution in [1.29, 1.82) is 0 Å². The topological polar surface area (TPSA) is 58.6 Å². The van der Waals surface area contributed by atoms with Gasteiger partial charge in [0, 0.05) is 25.2 Å². The minimum absolute atomic E-state index is 0.0235. The molecule has 1 atom stereocenters. The Kier molecular flexibility index (Phi) is 5.56. The van der Waals surface area contributed by atoms with Crippen LogP contribution in [-0.2, 0) is 16.1 Å². The standard InChI is InChI=1S/C21H24N2O3/c1-3-26-19-10-8-18(9-11-19)23-14-17(12-20(23)24)21(25)22-13-16-6-4-15(2)5-7-16/h4-11,17H,3,12-14H2,1-2H3,(H,22,25)/t17-/m1/s1. The van der Waals surface area contributed by atoms with E-state index in [0.29, 0.717) is 19.7 Å². The summed E-state index contributed by atoms with van der Waals surface area (Å²) in [5, 5.41) is 2.94. The van der Waals surface area contributed by atoms with Gasteiger partial charge in [-0.25, -0.2) is 0 Å². The lowest BCUT2D eigenvalue weighted by molar-refractivity contribution is -0.126. The molecule has 1 heterocycles. The van der Waals surface area contributed by atoms with Crippen molar-refractivity contribution in [3.8, 4) is 5.75 Å². The normalized spacial score (nSPS) is 16.6. The number of amides is 2. The Bertz CT molecular complexity index is 769. The van der Waals surface area contributed by atoms with Gasteiger partial charge >= 0.3 is 0 Å². The third-order valence-corrected chi connectivity index (χ3v) is 4.54. The van der Waals surface area contributed by atoms with Crippen LogP contribution in [0.25, 0.3) is 0 Å². The minimum atomic E-state index is -0.320. The van der Waals surface area contributed by atoms with Crippen LogP contribution < -0.4 is 15.0 Å². The van der Waals surface area contributed by atoms with Gasteiger partial charge in [0.15, 0.2) is 0 Å². The maximum Gasteiger partial charge on any atom is 0.227 e. The van der Waals surface area contributed by atoms with Crippen molar-refractivity contribution >= 4 is 17.5 Å². The molecule has 1 aliphatic heterocycles.